The summed E-state index contributed by atoms with van der Waals surface area (Å²) in [6.07, 6.45) is 0.760. The Bertz CT molecular complexity index is 875. The molecule has 0 spiro atoms. The van der Waals surface area contributed by atoms with Crippen molar-refractivity contribution in [3.8, 4) is 11.5 Å². The van der Waals surface area contributed by atoms with Crippen LogP contribution in [-0.2, 0) is 13.0 Å². The molecular formula is C22H26N2O4. The van der Waals surface area contributed by atoms with Gasteiger partial charge in [-0.25, -0.2) is 0 Å². The summed E-state index contributed by atoms with van der Waals surface area (Å²) in [5.41, 5.74) is 3.35. The van der Waals surface area contributed by atoms with Crippen molar-refractivity contribution >= 4 is 11.8 Å². The van der Waals surface area contributed by atoms with Gasteiger partial charge in [0, 0.05) is 30.3 Å². The Hall–Kier alpha value is -3.02. The van der Waals surface area contributed by atoms with Crippen LogP contribution in [0.5, 0.6) is 11.5 Å². The summed E-state index contributed by atoms with van der Waals surface area (Å²) in [7, 11) is 3.22. The zero-order valence-corrected chi connectivity index (χ0v) is 16.7. The van der Waals surface area contributed by atoms with Crippen LogP contribution in [0.2, 0.25) is 0 Å². The molecule has 0 bridgehead atoms. The Morgan fingerprint density at radius 1 is 0.964 bits per heavy atom. The van der Waals surface area contributed by atoms with Crippen LogP contribution in [0.3, 0.4) is 0 Å². The second-order valence-electron chi connectivity index (χ2n) is 7.16. The van der Waals surface area contributed by atoms with E-state index in [9.17, 15) is 9.59 Å². The molecule has 1 aliphatic rings. The van der Waals surface area contributed by atoms with Gasteiger partial charge in [-0.1, -0.05) is 0 Å². The second kappa shape index (κ2) is 8.33. The molecule has 3 rings (SSSR count). The molecule has 1 aliphatic heterocycles. The zero-order chi connectivity index (χ0) is 20.3. The maximum atomic E-state index is 12.9. The first-order valence-corrected chi connectivity index (χ1v) is 9.37. The lowest BCUT2D eigenvalue weighted by Crippen LogP contribution is -2.36. The standard InChI is InChI=1S/C22H26N2O4/c1-14(2)23-21(25)15-5-7-16(8-6-15)22(26)24-10-9-17-11-19(27-3)20(28-4)12-18(17)13-24/h5-8,11-12,14H,9-10,13H2,1-4H3,(H,23,25). The molecule has 6 nitrogen and oxygen atoms in total. The van der Waals surface area contributed by atoms with Gasteiger partial charge in [0.2, 0.25) is 0 Å². The van der Waals surface area contributed by atoms with Crippen molar-refractivity contribution in [2.75, 3.05) is 20.8 Å². The fourth-order valence-electron chi connectivity index (χ4n) is 3.35. The summed E-state index contributed by atoms with van der Waals surface area (Å²) in [5.74, 6) is 1.19. The topological polar surface area (TPSA) is 67.9 Å². The third kappa shape index (κ3) is 4.11. The lowest BCUT2D eigenvalue weighted by atomic mass is 9.98. The zero-order valence-electron chi connectivity index (χ0n) is 16.7. The summed E-state index contributed by atoms with van der Waals surface area (Å²) >= 11 is 0. The fourth-order valence-corrected chi connectivity index (χ4v) is 3.35. The molecule has 0 atom stereocenters. The Morgan fingerprint density at radius 3 is 2.11 bits per heavy atom. The van der Waals surface area contributed by atoms with Crippen LogP contribution in [0.15, 0.2) is 36.4 Å². The van der Waals surface area contributed by atoms with Crippen LogP contribution in [-0.4, -0.2) is 43.5 Å². The number of nitrogens with zero attached hydrogens (tertiary/aromatic N) is 1. The minimum absolute atomic E-state index is 0.0451. The van der Waals surface area contributed by atoms with Crippen LogP contribution in [0.25, 0.3) is 0 Å². The predicted octanol–water partition coefficient (Wildman–Crippen LogP) is 3.04. The molecule has 0 saturated carbocycles. The Labute approximate surface area is 165 Å². The maximum Gasteiger partial charge on any atom is 0.254 e. The first-order chi connectivity index (χ1) is 13.4. The van der Waals surface area contributed by atoms with Crippen LogP contribution in [0, 0.1) is 0 Å². The summed E-state index contributed by atoms with van der Waals surface area (Å²) < 4.78 is 10.7. The molecule has 2 aromatic rings. The number of ether oxygens (including phenoxy) is 2. The minimum Gasteiger partial charge on any atom is -0.493 e. The van der Waals surface area contributed by atoms with Crippen molar-refractivity contribution in [3.63, 3.8) is 0 Å². The molecule has 0 aromatic heterocycles. The van der Waals surface area contributed by atoms with E-state index in [0.717, 1.165) is 12.0 Å². The van der Waals surface area contributed by atoms with E-state index in [1.165, 1.54) is 5.56 Å². The highest BCUT2D eigenvalue weighted by Crippen LogP contribution is 2.33. The van der Waals surface area contributed by atoms with Gasteiger partial charge in [-0.15, -0.1) is 0 Å². The molecule has 0 aliphatic carbocycles. The van der Waals surface area contributed by atoms with Gasteiger partial charge in [0.15, 0.2) is 11.5 Å². The number of carbonyl (C=O) groups is 2. The van der Waals surface area contributed by atoms with E-state index in [1.54, 1.807) is 38.5 Å². The lowest BCUT2D eigenvalue weighted by molar-refractivity contribution is 0.0733. The fraction of sp³-hybridized carbons (Fsp3) is 0.364. The SMILES string of the molecule is COc1cc2c(cc1OC)CN(C(=O)c1ccc(C(=O)NC(C)C)cc1)CC2. The predicted molar refractivity (Wildman–Crippen MR) is 107 cm³/mol. The van der Waals surface area contributed by atoms with Gasteiger partial charge in [-0.05, 0) is 67.8 Å². The lowest BCUT2D eigenvalue weighted by Gasteiger charge is -2.29. The molecule has 0 saturated heterocycles. The molecule has 6 heteroatoms. The molecule has 1 N–H and O–H groups in total. The Balaban J connectivity index is 1.75. The quantitative estimate of drug-likeness (QED) is 0.863. The van der Waals surface area contributed by atoms with Crippen LogP contribution in [0.4, 0.5) is 0 Å². The molecule has 0 fully saturated rings. The first-order valence-electron chi connectivity index (χ1n) is 9.37. The van der Waals surface area contributed by atoms with E-state index in [1.807, 2.05) is 30.9 Å². The average molecular weight is 382 g/mol. The van der Waals surface area contributed by atoms with Gasteiger partial charge >= 0.3 is 0 Å². The van der Waals surface area contributed by atoms with Gasteiger partial charge < -0.3 is 19.7 Å². The smallest absolute Gasteiger partial charge is 0.254 e. The van der Waals surface area contributed by atoms with E-state index < -0.39 is 0 Å². The van der Waals surface area contributed by atoms with Crippen LogP contribution < -0.4 is 14.8 Å². The van der Waals surface area contributed by atoms with E-state index in [0.29, 0.717) is 35.7 Å². The minimum atomic E-state index is -0.137. The number of hydrogen-bond donors (Lipinski definition) is 1. The number of rotatable bonds is 5. The molecular weight excluding hydrogens is 356 g/mol. The van der Waals surface area contributed by atoms with Gasteiger partial charge in [-0.3, -0.25) is 9.59 Å². The van der Waals surface area contributed by atoms with Gasteiger partial charge in [-0.2, -0.15) is 0 Å². The van der Waals surface area contributed by atoms with E-state index >= 15 is 0 Å². The van der Waals surface area contributed by atoms with Crippen LogP contribution in [0.1, 0.15) is 45.7 Å². The van der Waals surface area contributed by atoms with E-state index in [-0.39, 0.29) is 17.9 Å². The van der Waals surface area contributed by atoms with Crippen molar-refractivity contribution in [1.29, 1.82) is 0 Å². The molecule has 0 radical (unpaired) electrons. The molecule has 1 heterocycles. The van der Waals surface area contributed by atoms with Crippen molar-refractivity contribution in [1.82, 2.24) is 10.2 Å². The summed E-state index contributed by atoms with van der Waals surface area (Å²) in [6.45, 7) is 4.98. The van der Waals surface area contributed by atoms with Gasteiger partial charge in [0.05, 0.1) is 14.2 Å². The Morgan fingerprint density at radius 2 is 1.54 bits per heavy atom. The van der Waals surface area contributed by atoms with Crippen molar-refractivity contribution in [2.24, 2.45) is 0 Å². The number of amides is 2. The third-order valence-electron chi connectivity index (χ3n) is 4.82. The molecule has 148 valence electrons. The number of carbonyl (C=O) groups excluding carboxylic acids is 2. The molecule has 28 heavy (non-hydrogen) atoms. The molecule has 2 aromatic carbocycles. The van der Waals surface area contributed by atoms with E-state index in [2.05, 4.69) is 5.32 Å². The third-order valence-corrected chi connectivity index (χ3v) is 4.82. The first kappa shape index (κ1) is 19.7. The Kier molecular flexibility index (Phi) is 5.87. The van der Waals surface area contributed by atoms with E-state index in [4.69, 9.17) is 9.47 Å². The largest absolute Gasteiger partial charge is 0.493 e. The van der Waals surface area contributed by atoms with Crippen molar-refractivity contribution in [2.45, 2.75) is 32.9 Å². The number of methoxy groups -OCH3 is 2. The summed E-state index contributed by atoms with van der Waals surface area (Å²) in [4.78, 5) is 26.8. The maximum absolute atomic E-state index is 12.9. The second-order valence-corrected chi connectivity index (χ2v) is 7.16. The number of benzene rings is 2. The van der Waals surface area contributed by atoms with Crippen molar-refractivity contribution < 1.29 is 19.1 Å². The number of hydrogen-bond acceptors (Lipinski definition) is 4. The highest BCUT2D eigenvalue weighted by molar-refractivity contribution is 5.98. The van der Waals surface area contributed by atoms with Crippen molar-refractivity contribution in [3.05, 3.63) is 58.7 Å². The summed E-state index contributed by atoms with van der Waals surface area (Å²) in [6, 6.07) is 10.8. The highest BCUT2D eigenvalue weighted by Gasteiger charge is 2.24. The molecule has 2 amide bonds. The summed E-state index contributed by atoms with van der Waals surface area (Å²) in [5, 5.41) is 2.85. The monoisotopic (exact) mass is 382 g/mol. The van der Waals surface area contributed by atoms with Gasteiger partial charge in [0.25, 0.3) is 11.8 Å². The number of fused-ring (bicyclic) bond motifs is 1. The highest BCUT2D eigenvalue weighted by atomic mass is 16.5. The normalized spacial score (nSPS) is 13.1. The van der Waals surface area contributed by atoms with Crippen LogP contribution >= 0.6 is 0 Å². The average Bonchev–Trinajstić information content (AvgIpc) is 2.71. The number of nitrogens with one attached hydrogen (secondary N) is 1. The molecule has 0 unspecified atom stereocenters. The van der Waals surface area contributed by atoms with Gasteiger partial charge in [0.1, 0.15) is 0 Å².